The molecule has 104 valence electrons. The van der Waals surface area contributed by atoms with Crippen LogP contribution in [0.15, 0.2) is 36.8 Å². The van der Waals surface area contributed by atoms with Crippen LogP contribution in [0.4, 0.5) is 0 Å². The van der Waals surface area contributed by atoms with Crippen LogP contribution in [0.25, 0.3) is 10.9 Å². The van der Waals surface area contributed by atoms with Gasteiger partial charge in [-0.15, -0.1) is 0 Å². The Morgan fingerprint density at radius 2 is 2.15 bits per heavy atom. The fraction of sp³-hybridized carbons (Fsp3) is 0.333. The molecule has 1 aromatic carbocycles. The molecule has 3 rings (SSSR count). The summed E-state index contributed by atoms with van der Waals surface area (Å²) in [5.74, 6) is 0.959. The van der Waals surface area contributed by atoms with Crippen LogP contribution in [0.1, 0.15) is 18.3 Å². The molecule has 2 heterocycles. The maximum Gasteiger partial charge on any atom is 0.146 e. The first-order valence-electron chi connectivity index (χ1n) is 6.90. The van der Waals surface area contributed by atoms with Crippen LogP contribution in [0.2, 0.25) is 0 Å². The summed E-state index contributed by atoms with van der Waals surface area (Å²) < 4.78 is 4.06. The summed E-state index contributed by atoms with van der Waals surface area (Å²) in [6.07, 6.45) is 3.72. The summed E-state index contributed by atoms with van der Waals surface area (Å²) in [5, 5.41) is 8.79. The number of aryl methyl sites for hydroxylation is 1. The van der Waals surface area contributed by atoms with Gasteiger partial charge in [-0.25, -0.2) is 4.98 Å². The molecule has 0 bridgehead atoms. The van der Waals surface area contributed by atoms with Crippen molar-refractivity contribution in [3.8, 4) is 0 Å². The highest BCUT2D eigenvalue weighted by Crippen LogP contribution is 2.21. The minimum atomic E-state index is 0.739. The lowest BCUT2D eigenvalue weighted by molar-refractivity contribution is 0.661. The predicted octanol–water partition coefficient (Wildman–Crippen LogP) is 1.93. The van der Waals surface area contributed by atoms with E-state index in [1.165, 1.54) is 16.5 Å². The van der Waals surface area contributed by atoms with Crippen LogP contribution in [0.3, 0.4) is 0 Å². The zero-order valence-corrected chi connectivity index (χ0v) is 11.9. The van der Waals surface area contributed by atoms with Crippen molar-refractivity contribution in [2.75, 3.05) is 6.54 Å². The van der Waals surface area contributed by atoms with E-state index < -0.39 is 0 Å². The number of hydrogen-bond acceptors (Lipinski definition) is 3. The standard InChI is InChI=1S/C15H19N5/c1-3-16-9-13-6-4-5-12-7-8-20(15(12)13)10-14-17-11-18-19(14)2/h4-8,11,16H,3,9-10H2,1-2H3. The second-order valence-corrected chi connectivity index (χ2v) is 4.88. The Balaban J connectivity index is 2.00. The second kappa shape index (κ2) is 5.46. The summed E-state index contributed by atoms with van der Waals surface area (Å²) in [6, 6.07) is 8.60. The molecule has 0 amide bonds. The normalized spacial score (nSPS) is 11.3. The van der Waals surface area contributed by atoms with Crippen molar-refractivity contribution in [2.45, 2.75) is 20.0 Å². The van der Waals surface area contributed by atoms with E-state index in [2.05, 4.69) is 57.4 Å². The molecule has 0 saturated carbocycles. The fourth-order valence-corrected chi connectivity index (χ4v) is 2.49. The molecular weight excluding hydrogens is 250 g/mol. The molecule has 5 heteroatoms. The molecule has 0 aliphatic heterocycles. The monoisotopic (exact) mass is 269 g/mol. The average molecular weight is 269 g/mol. The summed E-state index contributed by atoms with van der Waals surface area (Å²) in [5.41, 5.74) is 2.59. The highest BCUT2D eigenvalue weighted by Gasteiger charge is 2.09. The minimum absolute atomic E-state index is 0.739. The number of benzene rings is 1. The molecule has 0 aliphatic carbocycles. The number of rotatable bonds is 5. The minimum Gasteiger partial charge on any atom is -0.340 e. The van der Waals surface area contributed by atoms with Gasteiger partial charge >= 0.3 is 0 Å². The van der Waals surface area contributed by atoms with Crippen LogP contribution in [0.5, 0.6) is 0 Å². The van der Waals surface area contributed by atoms with Crippen molar-refractivity contribution in [1.29, 1.82) is 0 Å². The molecule has 0 saturated heterocycles. The van der Waals surface area contributed by atoms with Gasteiger partial charge in [0.05, 0.1) is 12.1 Å². The van der Waals surface area contributed by atoms with E-state index in [0.717, 1.165) is 25.5 Å². The van der Waals surface area contributed by atoms with Crippen molar-refractivity contribution in [3.63, 3.8) is 0 Å². The molecule has 0 unspecified atom stereocenters. The van der Waals surface area contributed by atoms with E-state index >= 15 is 0 Å². The van der Waals surface area contributed by atoms with Crippen LogP contribution in [0, 0.1) is 0 Å². The maximum absolute atomic E-state index is 4.30. The first-order chi connectivity index (χ1) is 9.79. The lowest BCUT2D eigenvalue weighted by Gasteiger charge is -2.10. The van der Waals surface area contributed by atoms with Gasteiger partial charge in [-0.1, -0.05) is 25.1 Å². The van der Waals surface area contributed by atoms with E-state index in [9.17, 15) is 0 Å². The highest BCUT2D eigenvalue weighted by atomic mass is 15.3. The van der Waals surface area contributed by atoms with E-state index in [-0.39, 0.29) is 0 Å². The van der Waals surface area contributed by atoms with Gasteiger partial charge in [0.1, 0.15) is 12.2 Å². The predicted molar refractivity (Wildman–Crippen MR) is 79.4 cm³/mol. The van der Waals surface area contributed by atoms with Gasteiger partial charge in [-0.2, -0.15) is 5.10 Å². The third kappa shape index (κ3) is 2.32. The third-order valence-electron chi connectivity index (χ3n) is 3.55. The average Bonchev–Trinajstić information content (AvgIpc) is 3.05. The van der Waals surface area contributed by atoms with Gasteiger partial charge in [-0.05, 0) is 23.6 Å². The van der Waals surface area contributed by atoms with Crippen molar-refractivity contribution in [2.24, 2.45) is 7.05 Å². The number of nitrogens with one attached hydrogen (secondary N) is 1. The number of fused-ring (bicyclic) bond motifs is 1. The Bertz CT molecular complexity index is 710. The highest BCUT2D eigenvalue weighted by molar-refractivity contribution is 5.83. The van der Waals surface area contributed by atoms with E-state index in [1.54, 1.807) is 6.33 Å². The zero-order valence-electron chi connectivity index (χ0n) is 11.9. The summed E-state index contributed by atoms with van der Waals surface area (Å²) in [4.78, 5) is 4.30. The van der Waals surface area contributed by atoms with Gasteiger partial charge in [-0.3, -0.25) is 4.68 Å². The SMILES string of the molecule is CCNCc1cccc2ccn(Cc3ncnn3C)c12. The number of para-hydroxylation sites is 1. The van der Waals surface area contributed by atoms with Crippen molar-refractivity contribution < 1.29 is 0 Å². The quantitative estimate of drug-likeness (QED) is 0.770. The number of hydrogen-bond donors (Lipinski definition) is 1. The lowest BCUT2D eigenvalue weighted by atomic mass is 10.1. The van der Waals surface area contributed by atoms with E-state index in [4.69, 9.17) is 0 Å². The smallest absolute Gasteiger partial charge is 0.146 e. The number of aromatic nitrogens is 4. The molecule has 20 heavy (non-hydrogen) atoms. The maximum atomic E-state index is 4.30. The number of nitrogens with zero attached hydrogens (tertiary/aromatic N) is 4. The second-order valence-electron chi connectivity index (χ2n) is 4.88. The van der Waals surface area contributed by atoms with Crippen molar-refractivity contribution in [1.82, 2.24) is 24.6 Å². The van der Waals surface area contributed by atoms with Crippen LogP contribution >= 0.6 is 0 Å². The molecule has 0 radical (unpaired) electrons. The van der Waals surface area contributed by atoms with Gasteiger partial charge < -0.3 is 9.88 Å². The Morgan fingerprint density at radius 1 is 1.25 bits per heavy atom. The van der Waals surface area contributed by atoms with Gasteiger partial charge in [0.2, 0.25) is 0 Å². The van der Waals surface area contributed by atoms with Gasteiger partial charge in [0.15, 0.2) is 0 Å². The molecule has 0 fully saturated rings. The van der Waals surface area contributed by atoms with Crippen molar-refractivity contribution >= 4 is 10.9 Å². The Labute approximate surface area is 118 Å². The Kier molecular flexibility index (Phi) is 3.52. The van der Waals surface area contributed by atoms with E-state index in [0.29, 0.717) is 0 Å². The van der Waals surface area contributed by atoms with Crippen LogP contribution < -0.4 is 5.32 Å². The largest absolute Gasteiger partial charge is 0.340 e. The molecule has 1 N–H and O–H groups in total. The van der Waals surface area contributed by atoms with Gasteiger partial charge in [0.25, 0.3) is 0 Å². The molecule has 0 aliphatic rings. The molecule has 5 nitrogen and oxygen atoms in total. The molecular formula is C15H19N5. The Morgan fingerprint density at radius 3 is 2.90 bits per heavy atom. The van der Waals surface area contributed by atoms with Gasteiger partial charge in [0, 0.05) is 19.8 Å². The topological polar surface area (TPSA) is 47.7 Å². The van der Waals surface area contributed by atoms with Crippen LogP contribution in [-0.2, 0) is 20.1 Å². The third-order valence-corrected chi connectivity index (χ3v) is 3.55. The molecule has 0 atom stereocenters. The van der Waals surface area contributed by atoms with Crippen molar-refractivity contribution in [3.05, 3.63) is 48.2 Å². The first-order valence-corrected chi connectivity index (χ1v) is 6.90. The van der Waals surface area contributed by atoms with Crippen LogP contribution in [-0.4, -0.2) is 25.9 Å². The van der Waals surface area contributed by atoms with E-state index in [1.807, 2.05) is 11.7 Å². The molecule has 0 spiro atoms. The summed E-state index contributed by atoms with van der Waals surface area (Å²) >= 11 is 0. The molecule has 2 aromatic heterocycles. The summed E-state index contributed by atoms with van der Waals surface area (Å²) in [6.45, 7) is 4.72. The lowest BCUT2D eigenvalue weighted by Crippen LogP contribution is -2.13. The Hall–Kier alpha value is -2.14. The first kappa shape index (κ1) is 12.9. The summed E-state index contributed by atoms with van der Waals surface area (Å²) in [7, 11) is 1.92. The molecule has 3 aromatic rings. The zero-order chi connectivity index (χ0) is 13.9. The fourth-order valence-electron chi connectivity index (χ4n) is 2.49.